The number of hydrogen-bond donors (Lipinski definition) is 4. The molecule has 4 unspecified atom stereocenters. The number of aliphatic hydroxyl groups is 2. The molecular weight excluding hydrogens is 582 g/mol. The van der Waals surface area contributed by atoms with Gasteiger partial charge in [-0.3, -0.25) is 0 Å². The van der Waals surface area contributed by atoms with Crippen LogP contribution in [0.15, 0.2) is 89.8 Å². The van der Waals surface area contributed by atoms with Crippen LogP contribution in [0, 0.1) is 11.8 Å². The van der Waals surface area contributed by atoms with E-state index in [1.807, 2.05) is 79.1 Å². The molecule has 3 aromatic rings. The molecule has 4 N–H and O–H groups in total. The summed E-state index contributed by atoms with van der Waals surface area (Å²) in [5.74, 6) is 1.22. The molecule has 7 nitrogen and oxygen atoms in total. The Kier molecular flexibility index (Phi) is 16.1. The van der Waals surface area contributed by atoms with E-state index in [4.69, 9.17) is 0 Å². The lowest BCUT2D eigenvalue weighted by molar-refractivity contribution is -0.109. The van der Waals surface area contributed by atoms with Crippen molar-refractivity contribution >= 4 is 17.3 Å². The second kappa shape index (κ2) is 19.7. The Balaban J connectivity index is 0.000000265. The first-order chi connectivity index (χ1) is 21.9. The van der Waals surface area contributed by atoms with Crippen LogP contribution in [0.1, 0.15) is 68.6 Å². The highest BCUT2D eigenvalue weighted by atomic mass is 32.2. The molecule has 0 heterocycles. The van der Waals surface area contributed by atoms with Gasteiger partial charge in [0.05, 0.1) is 24.2 Å². The number of aliphatic hydroxyl groups excluding tert-OH is 2. The molecule has 4 atom stereocenters. The minimum absolute atomic E-state index is 0.0147. The smallest absolute Gasteiger partial charge is 0.137 e. The van der Waals surface area contributed by atoms with E-state index in [1.54, 1.807) is 0 Å². The van der Waals surface area contributed by atoms with Crippen LogP contribution in [0.2, 0.25) is 0 Å². The van der Waals surface area contributed by atoms with E-state index in [1.165, 1.54) is 12.8 Å². The number of aldehydes is 1. The lowest BCUT2D eigenvalue weighted by atomic mass is 9.86. The van der Waals surface area contributed by atoms with Crippen LogP contribution in [0.4, 0.5) is 0 Å². The average molecular weight is 636 g/mol. The molecule has 0 radical (unpaired) electrons. The van der Waals surface area contributed by atoms with Gasteiger partial charge >= 0.3 is 0 Å². The van der Waals surface area contributed by atoms with Gasteiger partial charge in [-0.05, 0) is 80.4 Å². The minimum atomic E-state index is -1.32. The summed E-state index contributed by atoms with van der Waals surface area (Å²) in [6.07, 6.45) is 6.58. The van der Waals surface area contributed by atoms with Gasteiger partial charge in [0.25, 0.3) is 0 Å². The molecule has 1 aliphatic carbocycles. The second-order valence-corrected chi connectivity index (χ2v) is 13.7. The highest BCUT2D eigenvalue weighted by Gasteiger charge is 2.31. The Morgan fingerprint density at radius 3 is 1.87 bits per heavy atom. The molecule has 0 aromatic heterocycles. The quantitative estimate of drug-likeness (QED) is 0.142. The van der Waals surface area contributed by atoms with Crippen LogP contribution < -0.4 is 10.6 Å². The standard InChI is InChI=1S/C21H36N2O3S.C16H17NO/c1-16(2)13-23(27(26)20-11-7-17(14-24)8-12-20)19(15-25)5-4-6-21(22-3)18-9-10-18;1-17-15(12-18)16(13-8-4-2-5-9-13)14-10-6-3-7-11-14/h7-8,11-12,16,18-19,21-22,24-25H,4-6,9-10,13-15H2,1-3H3;2-12,15-17H,1H3. The molecule has 1 fully saturated rings. The molecule has 0 amide bonds. The normalized spacial score (nSPS) is 15.8. The zero-order valence-electron chi connectivity index (χ0n) is 27.3. The Labute approximate surface area is 273 Å². The van der Waals surface area contributed by atoms with Crippen molar-refractivity contribution in [1.82, 2.24) is 14.9 Å². The van der Waals surface area contributed by atoms with Crippen molar-refractivity contribution in [2.45, 2.75) is 81.5 Å². The summed E-state index contributed by atoms with van der Waals surface area (Å²) in [5.41, 5.74) is 3.10. The third kappa shape index (κ3) is 11.5. The van der Waals surface area contributed by atoms with Crippen molar-refractivity contribution in [2.24, 2.45) is 11.8 Å². The Hall–Kier alpha value is -2.72. The molecule has 0 aliphatic heterocycles. The minimum Gasteiger partial charge on any atom is -0.395 e. The van der Waals surface area contributed by atoms with Gasteiger partial charge in [0.2, 0.25) is 0 Å². The maximum Gasteiger partial charge on any atom is 0.137 e. The number of likely N-dealkylation sites (N-methyl/N-ethyl adjacent to an activating group) is 1. The molecule has 246 valence electrons. The van der Waals surface area contributed by atoms with Crippen molar-refractivity contribution in [3.8, 4) is 0 Å². The van der Waals surface area contributed by atoms with Crippen LogP contribution in [0.3, 0.4) is 0 Å². The van der Waals surface area contributed by atoms with Crippen molar-refractivity contribution in [3.63, 3.8) is 0 Å². The first-order valence-electron chi connectivity index (χ1n) is 16.3. The fourth-order valence-electron chi connectivity index (χ4n) is 5.81. The van der Waals surface area contributed by atoms with Gasteiger partial charge in [0.1, 0.15) is 17.3 Å². The van der Waals surface area contributed by atoms with E-state index in [9.17, 15) is 19.2 Å². The van der Waals surface area contributed by atoms with Crippen LogP contribution in [-0.2, 0) is 22.4 Å². The third-order valence-corrected chi connectivity index (χ3v) is 10.0. The van der Waals surface area contributed by atoms with E-state index in [0.717, 1.165) is 53.1 Å². The Bertz CT molecular complexity index is 1220. The first-order valence-corrected chi connectivity index (χ1v) is 17.4. The summed E-state index contributed by atoms with van der Waals surface area (Å²) >= 11 is 0. The zero-order valence-corrected chi connectivity index (χ0v) is 28.2. The number of benzene rings is 3. The second-order valence-electron chi connectivity index (χ2n) is 12.3. The van der Waals surface area contributed by atoms with Crippen LogP contribution >= 0.6 is 0 Å². The highest BCUT2D eigenvalue weighted by molar-refractivity contribution is 7.82. The molecule has 0 saturated heterocycles. The molecule has 1 aliphatic rings. The number of nitrogens with one attached hydrogen (secondary N) is 2. The number of hydrogen-bond acceptors (Lipinski definition) is 6. The summed E-state index contributed by atoms with van der Waals surface area (Å²) in [7, 11) is 2.53. The summed E-state index contributed by atoms with van der Waals surface area (Å²) < 4.78 is 15.2. The Morgan fingerprint density at radius 1 is 0.867 bits per heavy atom. The zero-order chi connectivity index (χ0) is 32.6. The monoisotopic (exact) mass is 635 g/mol. The predicted molar refractivity (Wildman–Crippen MR) is 184 cm³/mol. The highest BCUT2D eigenvalue weighted by Crippen LogP contribution is 2.35. The topological polar surface area (TPSA) is 102 Å². The molecule has 45 heavy (non-hydrogen) atoms. The van der Waals surface area contributed by atoms with E-state index < -0.39 is 11.0 Å². The molecule has 1 saturated carbocycles. The summed E-state index contributed by atoms with van der Waals surface area (Å²) in [6, 6.07) is 27.7. The number of carbonyl (C=O) groups is 1. The van der Waals surface area contributed by atoms with Gasteiger partial charge in [0.15, 0.2) is 0 Å². The number of nitrogens with zero attached hydrogens (tertiary/aromatic N) is 1. The lowest BCUT2D eigenvalue weighted by Crippen LogP contribution is -2.41. The number of rotatable bonds is 18. The summed E-state index contributed by atoms with van der Waals surface area (Å²) in [6.45, 7) is 4.89. The molecule has 8 heteroatoms. The largest absolute Gasteiger partial charge is 0.395 e. The predicted octanol–water partition coefficient (Wildman–Crippen LogP) is 5.29. The average Bonchev–Trinajstić information content (AvgIpc) is 3.93. The van der Waals surface area contributed by atoms with Gasteiger partial charge in [-0.2, -0.15) is 0 Å². The van der Waals surface area contributed by atoms with Gasteiger partial charge in [-0.25, -0.2) is 8.51 Å². The third-order valence-electron chi connectivity index (χ3n) is 8.45. The van der Waals surface area contributed by atoms with Gasteiger partial charge in [-0.15, -0.1) is 0 Å². The fourth-order valence-corrected chi connectivity index (χ4v) is 7.33. The van der Waals surface area contributed by atoms with Crippen LogP contribution in [-0.4, -0.2) is 70.4 Å². The van der Waals surface area contributed by atoms with Gasteiger partial charge in [-0.1, -0.05) is 93.1 Å². The Morgan fingerprint density at radius 2 is 1.44 bits per heavy atom. The molecule has 3 aromatic carbocycles. The maximum absolute atomic E-state index is 13.2. The van der Waals surface area contributed by atoms with Crippen molar-refractivity contribution in [3.05, 3.63) is 102 Å². The van der Waals surface area contributed by atoms with Crippen molar-refractivity contribution in [2.75, 3.05) is 27.2 Å². The first kappa shape index (κ1) is 36.7. The fraction of sp³-hybridized carbons (Fsp3) is 0.486. The molecular formula is C37H53N3O4S. The molecule has 4 rings (SSSR count). The van der Waals surface area contributed by atoms with E-state index in [2.05, 4.69) is 48.7 Å². The van der Waals surface area contributed by atoms with Gasteiger partial charge < -0.3 is 25.6 Å². The summed E-state index contributed by atoms with van der Waals surface area (Å²) in [5, 5.41) is 25.7. The van der Waals surface area contributed by atoms with E-state index >= 15 is 0 Å². The van der Waals surface area contributed by atoms with Crippen LogP contribution in [0.5, 0.6) is 0 Å². The van der Waals surface area contributed by atoms with E-state index in [0.29, 0.717) is 18.5 Å². The summed E-state index contributed by atoms with van der Waals surface area (Å²) in [4.78, 5) is 12.0. The number of carbonyl (C=O) groups excluding carboxylic acids is 1. The van der Waals surface area contributed by atoms with Crippen LogP contribution in [0.25, 0.3) is 0 Å². The van der Waals surface area contributed by atoms with Crippen molar-refractivity contribution < 1.29 is 19.2 Å². The van der Waals surface area contributed by atoms with Crippen molar-refractivity contribution in [1.29, 1.82) is 0 Å². The van der Waals surface area contributed by atoms with E-state index in [-0.39, 0.29) is 31.2 Å². The SMILES string of the molecule is CNC(C=O)C(c1ccccc1)c1ccccc1.CNC(CCCC(CO)N(CC(C)C)S(=O)c1ccc(CO)cc1)C1CC1. The maximum atomic E-state index is 13.2. The lowest BCUT2D eigenvalue weighted by Gasteiger charge is -2.31. The molecule has 0 bridgehead atoms. The van der Waals surface area contributed by atoms with Gasteiger partial charge in [0, 0.05) is 24.5 Å². The molecule has 0 spiro atoms.